The molecule has 2 heteroatoms. The predicted octanol–water partition coefficient (Wildman–Crippen LogP) is 3.57. The molecule has 0 saturated carbocycles. The standard InChI is InChI=1S/C15H27NO/c1-5-16(6-2)15(3,4)14(17)13-11-9-7-8-10-12-13/h11H,5-10,12H2,1-4H3. The Labute approximate surface area is 106 Å². The molecule has 1 rings (SSSR count). The maximum atomic E-state index is 12.6. The fourth-order valence-electron chi connectivity index (χ4n) is 2.77. The molecule has 98 valence electrons. The van der Waals surface area contributed by atoms with Crippen LogP contribution in [0.2, 0.25) is 0 Å². The number of ketones is 1. The molecular weight excluding hydrogens is 210 g/mol. The van der Waals surface area contributed by atoms with E-state index in [4.69, 9.17) is 0 Å². The monoisotopic (exact) mass is 237 g/mol. The second-order valence-electron chi connectivity index (χ2n) is 5.39. The second-order valence-corrected chi connectivity index (χ2v) is 5.39. The highest BCUT2D eigenvalue weighted by molar-refractivity contribution is 6.02. The molecule has 0 spiro atoms. The summed E-state index contributed by atoms with van der Waals surface area (Å²) in [6, 6.07) is 0. The Hall–Kier alpha value is -0.630. The molecule has 0 bridgehead atoms. The molecule has 0 radical (unpaired) electrons. The van der Waals surface area contributed by atoms with Gasteiger partial charge in [0.05, 0.1) is 5.54 Å². The summed E-state index contributed by atoms with van der Waals surface area (Å²) in [5, 5.41) is 0. The van der Waals surface area contributed by atoms with Crippen LogP contribution >= 0.6 is 0 Å². The quantitative estimate of drug-likeness (QED) is 0.728. The van der Waals surface area contributed by atoms with Crippen molar-refractivity contribution < 1.29 is 4.79 Å². The van der Waals surface area contributed by atoms with Gasteiger partial charge in [0.15, 0.2) is 5.78 Å². The van der Waals surface area contributed by atoms with Gasteiger partial charge in [0.2, 0.25) is 0 Å². The molecule has 0 atom stereocenters. The van der Waals surface area contributed by atoms with Gasteiger partial charge in [0.25, 0.3) is 0 Å². The summed E-state index contributed by atoms with van der Waals surface area (Å²) in [5.41, 5.74) is 0.721. The first-order valence-electron chi connectivity index (χ1n) is 7.02. The van der Waals surface area contributed by atoms with Crippen LogP contribution in [-0.2, 0) is 4.79 Å². The lowest BCUT2D eigenvalue weighted by Crippen LogP contribution is -2.50. The highest BCUT2D eigenvalue weighted by Crippen LogP contribution is 2.25. The number of Topliss-reactive ketones (excluding diaryl/α,β-unsaturated/α-hetero) is 1. The summed E-state index contributed by atoms with van der Waals surface area (Å²) in [7, 11) is 0. The molecule has 0 saturated heterocycles. The number of allylic oxidation sites excluding steroid dienone is 1. The fraction of sp³-hybridized carbons (Fsp3) is 0.800. The van der Waals surface area contributed by atoms with Crippen molar-refractivity contribution in [3.8, 4) is 0 Å². The molecule has 1 aliphatic carbocycles. The maximum absolute atomic E-state index is 12.6. The van der Waals surface area contributed by atoms with Crippen molar-refractivity contribution in [2.24, 2.45) is 0 Å². The third kappa shape index (κ3) is 3.41. The number of likely N-dealkylation sites (N-methyl/N-ethyl adjacent to an activating group) is 1. The minimum atomic E-state index is -0.348. The van der Waals surface area contributed by atoms with Crippen LogP contribution in [0.5, 0.6) is 0 Å². The zero-order chi connectivity index (χ0) is 12.9. The summed E-state index contributed by atoms with van der Waals surface area (Å²) in [6.07, 6.45) is 7.91. The fourth-order valence-corrected chi connectivity index (χ4v) is 2.77. The largest absolute Gasteiger partial charge is 0.292 e. The Morgan fingerprint density at radius 1 is 1.24 bits per heavy atom. The minimum Gasteiger partial charge on any atom is -0.292 e. The van der Waals surface area contributed by atoms with Gasteiger partial charge < -0.3 is 0 Å². The first kappa shape index (κ1) is 14.4. The zero-order valence-corrected chi connectivity index (χ0v) is 11.9. The average Bonchev–Trinajstić information content (AvgIpc) is 2.57. The van der Waals surface area contributed by atoms with E-state index in [1.807, 2.05) is 0 Å². The molecule has 0 unspecified atom stereocenters. The SMILES string of the molecule is CCN(CC)C(C)(C)C(=O)C1=CCCCCC1. The normalized spacial score (nSPS) is 17.8. The molecule has 0 aromatic rings. The van der Waals surface area contributed by atoms with Gasteiger partial charge in [-0.1, -0.05) is 26.3 Å². The van der Waals surface area contributed by atoms with E-state index in [-0.39, 0.29) is 5.54 Å². The molecule has 1 aliphatic rings. The van der Waals surface area contributed by atoms with E-state index in [1.54, 1.807) is 0 Å². The highest BCUT2D eigenvalue weighted by atomic mass is 16.1. The molecule has 2 nitrogen and oxygen atoms in total. The minimum absolute atomic E-state index is 0.336. The van der Waals surface area contributed by atoms with Crippen LogP contribution in [0.1, 0.15) is 59.8 Å². The number of carbonyl (C=O) groups is 1. The molecule has 0 fully saturated rings. The van der Waals surface area contributed by atoms with Gasteiger partial charge in [-0.3, -0.25) is 9.69 Å². The van der Waals surface area contributed by atoms with Crippen LogP contribution in [0.3, 0.4) is 0 Å². The van der Waals surface area contributed by atoms with Gasteiger partial charge in [-0.25, -0.2) is 0 Å². The Balaban J connectivity index is 2.82. The third-order valence-electron chi connectivity index (χ3n) is 3.94. The van der Waals surface area contributed by atoms with Crippen LogP contribution in [0.4, 0.5) is 0 Å². The van der Waals surface area contributed by atoms with Crippen molar-refractivity contribution in [3.05, 3.63) is 11.6 Å². The summed E-state index contributed by atoms with van der Waals surface area (Å²) in [6.45, 7) is 10.2. The zero-order valence-electron chi connectivity index (χ0n) is 11.9. The van der Waals surface area contributed by atoms with Gasteiger partial charge in [-0.05, 0) is 58.2 Å². The van der Waals surface area contributed by atoms with E-state index >= 15 is 0 Å². The summed E-state index contributed by atoms with van der Waals surface area (Å²) in [4.78, 5) is 14.9. The van der Waals surface area contributed by atoms with Gasteiger partial charge in [-0.15, -0.1) is 0 Å². The summed E-state index contributed by atoms with van der Waals surface area (Å²) >= 11 is 0. The van der Waals surface area contributed by atoms with Crippen LogP contribution < -0.4 is 0 Å². The smallest absolute Gasteiger partial charge is 0.178 e. The van der Waals surface area contributed by atoms with E-state index in [9.17, 15) is 4.79 Å². The lowest BCUT2D eigenvalue weighted by atomic mass is 9.89. The van der Waals surface area contributed by atoms with Gasteiger partial charge >= 0.3 is 0 Å². The Kier molecular flexibility index (Phi) is 5.38. The van der Waals surface area contributed by atoms with E-state index in [2.05, 4.69) is 38.7 Å². The van der Waals surface area contributed by atoms with Crippen molar-refractivity contribution >= 4 is 5.78 Å². The number of rotatable bonds is 5. The maximum Gasteiger partial charge on any atom is 0.178 e. The lowest BCUT2D eigenvalue weighted by molar-refractivity contribution is -0.125. The van der Waals surface area contributed by atoms with E-state index in [0.717, 1.165) is 31.5 Å². The van der Waals surface area contributed by atoms with Crippen molar-refractivity contribution in [1.82, 2.24) is 4.90 Å². The first-order chi connectivity index (χ1) is 8.04. The molecule has 0 aromatic carbocycles. The number of hydrogen-bond acceptors (Lipinski definition) is 2. The van der Waals surface area contributed by atoms with Crippen molar-refractivity contribution in [2.45, 2.75) is 65.3 Å². The Morgan fingerprint density at radius 2 is 1.88 bits per heavy atom. The van der Waals surface area contributed by atoms with Crippen molar-refractivity contribution in [1.29, 1.82) is 0 Å². The first-order valence-corrected chi connectivity index (χ1v) is 7.02. The number of carbonyl (C=O) groups excluding carboxylic acids is 1. The molecule has 0 N–H and O–H groups in total. The van der Waals surface area contributed by atoms with Crippen LogP contribution in [0.25, 0.3) is 0 Å². The van der Waals surface area contributed by atoms with Gasteiger partial charge in [-0.2, -0.15) is 0 Å². The summed E-state index contributed by atoms with van der Waals surface area (Å²) in [5.74, 6) is 0.336. The van der Waals surface area contributed by atoms with Crippen molar-refractivity contribution in [2.75, 3.05) is 13.1 Å². The highest BCUT2D eigenvalue weighted by Gasteiger charge is 2.34. The topological polar surface area (TPSA) is 20.3 Å². The molecule has 0 aromatic heterocycles. The van der Waals surface area contributed by atoms with Crippen molar-refractivity contribution in [3.63, 3.8) is 0 Å². The van der Waals surface area contributed by atoms with E-state index < -0.39 is 0 Å². The molecule has 17 heavy (non-hydrogen) atoms. The second kappa shape index (κ2) is 6.34. The van der Waals surface area contributed by atoms with E-state index in [1.165, 1.54) is 19.3 Å². The third-order valence-corrected chi connectivity index (χ3v) is 3.94. The van der Waals surface area contributed by atoms with E-state index in [0.29, 0.717) is 5.78 Å². The van der Waals surface area contributed by atoms with Crippen LogP contribution in [0, 0.1) is 0 Å². The average molecular weight is 237 g/mol. The lowest BCUT2D eigenvalue weighted by Gasteiger charge is -2.36. The van der Waals surface area contributed by atoms with Gasteiger partial charge in [0.1, 0.15) is 0 Å². The molecule has 0 aliphatic heterocycles. The Morgan fingerprint density at radius 3 is 2.47 bits per heavy atom. The predicted molar refractivity (Wildman–Crippen MR) is 73.2 cm³/mol. The van der Waals surface area contributed by atoms with Crippen LogP contribution in [0.15, 0.2) is 11.6 Å². The Bertz CT molecular complexity index is 287. The van der Waals surface area contributed by atoms with Crippen LogP contribution in [-0.4, -0.2) is 29.3 Å². The molecule has 0 amide bonds. The number of hydrogen-bond donors (Lipinski definition) is 0. The summed E-state index contributed by atoms with van der Waals surface area (Å²) < 4.78 is 0. The number of nitrogens with zero attached hydrogens (tertiary/aromatic N) is 1. The molecule has 0 heterocycles. The molecular formula is C15H27NO. The van der Waals surface area contributed by atoms with Gasteiger partial charge in [0, 0.05) is 0 Å².